The smallest absolute Gasteiger partial charge is 0.301 e. The van der Waals surface area contributed by atoms with Crippen molar-refractivity contribution in [1.82, 2.24) is 4.98 Å². The van der Waals surface area contributed by atoms with Gasteiger partial charge in [0.1, 0.15) is 18.1 Å². The number of anilines is 1. The summed E-state index contributed by atoms with van der Waals surface area (Å²) in [7, 11) is 0. The molecule has 1 unspecified atom stereocenters. The van der Waals surface area contributed by atoms with Crippen molar-refractivity contribution >= 4 is 33.9 Å². The van der Waals surface area contributed by atoms with E-state index in [9.17, 15) is 19.8 Å². The van der Waals surface area contributed by atoms with Crippen LogP contribution in [0.25, 0.3) is 5.76 Å². The molecule has 2 N–H and O–H groups in total. The number of thiazole rings is 1. The van der Waals surface area contributed by atoms with Crippen LogP contribution in [-0.4, -0.2) is 33.5 Å². The number of aromatic hydroxyl groups is 1. The number of hydrogen-bond acceptors (Lipinski definition) is 8. The van der Waals surface area contributed by atoms with Gasteiger partial charge < -0.3 is 19.7 Å². The highest BCUT2D eigenvalue weighted by Gasteiger charge is 2.48. The summed E-state index contributed by atoms with van der Waals surface area (Å²) in [6, 6.07) is 18.3. The molecule has 39 heavy (non-hydrogen) atoms. The number of carbonyl (C=O) groups is 2. The van der Waals surface area contributed by atoms with Gasteiger partial charge in [-0.15, -0.1) is 11.3 Å². The fraction of sp³-hybridized carbons (Fsp3) is 0.167. The number of aliphatic hydroxyl groups excluding tert-OH is 1. The third-order valence-corrected chi connectivity index (χ3v) is 7.06. The van der Waals surface area contributed by atoms with Crippen molar-refractivity contribution in [2.45, 2.75) is 26.5 Å². The number of ether oxygens (including phenoxy) is 2. The van der Waals surface area contributed by atoms with Crippen LogP contribution < -0.4 is 14.4 Å². The highest BCUT2D eigenvalue weighted by atomic mass is 32.1. The first kappa shape index (κ1) is 26.0. The number of aliphatic hydroxyl groups is 1. The summed E-state index contributed by atoms with van der Waals surface area (Å²) < 4.78 is 11.4. The zero-order valence-corrected chi connectivity index (χ0v) is 22.1. The minimum absolute atomic E-state index is 0.0759. The number of aromatic nitrogens is 1. The van der Waals surface area contributed by atoms with Gasteiger partial charge in [0.25, 0.3) is 5.78 Å². The summed E-state index contributed by atoms with van der Waals surface area (Å²) in [5, 5.41) is 23.6. The molecule has 1 atom stereocenters. The van der Waals surface area contributed by atoms with Crippen LogP contribution in [0.5, 0.6) is 17.2 Å². The average Bonchev–Trinajstić information content (AvgIpc) is 3.55. The molecule has 0 saturated carbocycles. The van der Waals surface area contributed by atoms with Crippen LogP contribution in [0.1, 0.15) is 35.2 Å². The Morgan fingerprint density at radius 1 is 1.05 bits per heavy atom. The Morgan fingerprint density at radius 3 is 2.54 bits per heavy atom. The molecule has 198 valence electrons. The topological polar surface area (TPSA) is 109 Å². The molecular weight excluding hydrogens is 516 g/mol. The van der Waals surface area contributed by atoms with Gasteiger partial charge in [-0.1, -0.05) is 35.9 Å². The first-order valence-corrected chi connectivity index (χ1v) is 13.2. The SMILES string of the molecule is CCOc1cc(C2C(=C(O)c3ccc(OCc4cccc(C)c4)cc3)C(=O)C(=O)N2c2nccs2)ccc1O. The van der Waals surface area contributed by atoms with E-state index >= 15 is 0 Å². The lowest BCUT2D eigenvalue weighted by molar-refractivity contribution is -0.132. The van der Waals surface area contributed by atoms with Gasteiger partial charge in [-0.05, 0) is 61.4 Å². The summed E-state index contributed by atoms with van der Waals surface area (Å²) in [4.78, 5) is 32.0. The number of amides is 1. The van der Waals surface area contributed by atoms with Crippen molar-refractivity contribution in [3.05, 3.63) is 106 Å². The molecule has 4 aromatic rings. The summed E-state index contributed by atoms with van der Waals surface area (Å²) in [5.74, 6) is -1.25. The summed E-state index contributed by atoms with van der Waals surface area (Å²) in [6.45, 7) is 4.49. The standard InChI is InChI=1S/C30H26N2O6S/c1-3-37-24-16-21(9-12-23(24)33)26-25(28(35)29(36)32(26)30-31-13-14-39-30)27(34)20-7-10-22(11-8-20)38-17-19-6-4-5-18(2)15-19/h4-16,26,33-34H,3,17H2,1-2H3. The first-order valence-electron chi connectivity index (χ1n) is 12.3. The van der Waals surface area contributed by atoms with E-state index in [0.717, 1.165) is 11.1 Å². The molecule has 8 nitrogen and oxygen atoms in total. The van der Waals surface area contributed by atoms with Crippen molar-refractivity contribution in [3.8, 4) is 17.2 Å². The van der Waals surface area contributed by atoms with Crippen LogP contribution in [0.4, 0.5) is 5.13 Å². The van der Waals surface area contributed by atoms with E-state index in [2.05, 4.69) is 4.98 Å². The van der Waals surface area contributed by atoms with Gasteiger partial charge in [-0.3, -0.25) is 14.5 Å². The van der Waals surface area contributed by atoms with Crippen LogP contribution in [-0.2, 0) is 16.2 Å². The number of phenols is 1. The molecular formula is C30H26N2O6S. The molecule has 0 spiro atoms. The molecule has 1 aliphatic rings. The molecule has 2 heterocycles. The normalized spacial score (nSPS) is 16.5. The number of aryl methyl sites for hydroxylation is 1. The largest absolute Gasteiger partial charge is 0.507 e. The fourth-order valence-electron chi connectivity index (χ4n) is 4.49. The molecule has 5 rings (SSSR count). The van der Waals surface area contributed by atoms with Gasteiger partial charge in [0.15, 0.2) is 16.6 Å². The number of carbonyl (C=O) groups excluding carboxylic acids is 2. The Hall–Kier alpha value is -4.63. The molecule has 1 amide bonds. The van der Waals surface area contributed by atoms with Crippen LogP contribution in [0.15, 0.2) is 83.9 Å². The predicted octanol–water partition coefficient (Wildman–Crippen LogP) is 5.76. The first-order chi connectivity index (χ1) is 18.9. The Morgan fingerprint density at radius 2 is 1.85 bits per heavy atom. The quantitative estimate of drug-likeness (QED) is 0.165. The van der Waals surface area contributed by atoms with E-state index in [4.69, 9.17) is 9.47 Å². The van der Waals surface area contributed by atoms with Crippen molar-refractivity contribution < 1.29 is 29.3 Å². The fourth-order valence-corrected chi connectivity index (χ4v) is 5.15. The number of hydrogen-bond donors (Lipinski definition) is 2. The monoisotopic (exact) mass is 542 g/mol. The predicted molar refractivity (Wildman–Crippen MR) is 148 cm³/mol. The maximum absolute atomic E-state index is 13.3. The number of benzene rings is 3. The Kier molecular flexibility index (Phi) is 7.33. The van der Waals surface area contributed by atoms with E-state index < -0.39 is 17.7 Å². The van der Waals surface area contributed by atoms with Crippen LogP contribution in [0, 0.1) is 6.92 Å². The van der Waals surface area contributed by atoms with Gasteiger partial charge in [0.05, 0.1) is 18.2 Å². The third kappa shape index (κ3) is 5.21. The summed E-state index contributed by atoms with van der Waals surface area (Å²) >= 11 is 1.20. The Labute approximate surface area is 229 Å². The highest BCUT2D eigenvalue weighted by Crippen LogP contribution is 2.44. The van der Waals surface area contributed by atoms with E-state index in [1.54, 1.807) is 48.7 Å². The number of phenolic OH excluding ortho intramolecular Hbond substituents is 1. The van der Waals surface area contributed by atoms with Gasteiger partial charge in [-0.2, -0.15) is 0 Å². The zero-order valence-electron chi connectivity index (χ0n) is 21.3. The summed E-state index contributed by atoms with van der Waals surface area (Å²) in [6.07, 6.45) is 1.54. The maximum atomic E-state index is 13.3. The molecule has 1 saturated heterocycles. The minimum Gasteiger partial charge on any atom is -0.507 e. The highest BCUT2D eigenvalue weighted by molar-refractivity contribution is 7.14. The van der Waals surface area contributed by atoms with E-state index in [-0.39, 0.29) is 22.8 Å². The van der Waals surface area contributed by atoms with Gasteiger partial charge in [0, 0.05) is 17.1 Å². The van der Waals surface area contributed by atoms with Crippen molar-refractivity contribution in [2.24, 2.45) is 0 Å². The van der Waals surface area contributed by atoms with Crippen molar-refractivity contribution in [1.29, 1.82) is 0 Å². The number of ketones is 1. The lowest BCUT2D eigenvalue weighted by Gasteiger charge is -2.23. The number of rotatable bonds is 8. The van der Waals surface area contributed by atoms with Crippen molar-refractivity contribution in [3.63, 3.8) is 0 Å². The van der Waals surface area contributed by atoms with Crippen molar-refractivity contribution in [2.75, 3.05) is 11.5 Å². The second kappa shape index (κ2) is 11.0. The van der Waals surface area contributed by atoms with Crippen LogP contribution in [0.2, 0.25) is 0 Å². The molecule has 1 aliphatic heterocycles. The lowest BCUT2D eigenvalue weighted by Crippen LogP contribution is -2.29. The minimum atomic E-state index is -0.979. The average molecular weight is 543 g/mol. The molecule has 0 radical (unpaired) electrons. The molecule has 9 heteroatoms. The van der Waals surface area contributed by atoms with Gasteiger partial charge >= 0.3 is 5.91 Å². The lowest BCUT2D eigenvalue weighted by atomic mass is 9.95. The van der Waals surface area contributed by atoms with E-state index in [1.807, 2.05) is 31.2 Å². The number of nitrogens with zero attached hydrogens (tertiary/aromatic N) is 2. The second-order valence-corrected chi connectivity index (χ2v) is 9.82. The molecule has 3 aromatic carbocycles. The molecule has 1 fully saturated rings. The maximum Gasteiger partial charge on any atom is 0.301 e. The Balaban J connectivity index is 1.52. The number of Topliss-reactive ketones (excluding diaryl/α,β-unsaturated/α-hetero) is 1. The second-order valence-electron chi connectivity index (χ2n) is 8.95. The van der Waals surface area contributed by atoms with E-state index in [0.29, 0.717) is 35.2 Å². The molecule has 0 bridgehead atoms. The van der Waals surface area contributed by atoms with Crippen LogP contribution >= 0.6 is 11.3 Å². The van der Waals surface area contributed by atoms with Gasteiger partial charge in [0.2, 0.25) is 0 Å². The zero-order chi connectivity index (χ0) is 27.5. The molecule has 1 aromatic heterocycles. The summed E-state index contributed by atoms with van der Waals surface area (Å²) in [5.41, 5.74) is 2.91. The van der Waals surface area contributed by atoms with Crippen LogP contribution in [0.3, 0.4) is 0 Å². The molecule has 0 aliphatic carbocycles. The Bertz CT molecular complexity index is 1550. The van der Waals surface area contributed by atoms with Gasteiger partial charge in [-0.25, -0.2) is 4.98 Å². The van der Waals surface area contributed by atoms with E-state index in [1.165, 1.54) is 28.5 Å². The third-order valence-electron chi connectivity index (χ3n) is 6.28.